The molecule has 4 nitrogen and oxygen atoms in total. The van der Waals surface area contributed by atoms with Crippen molar-refractivity contribution >= 4 is 17.2 Å². The quantitative estimate of drug-likeness (QED) is 0.872. The molecule has 2 aliphatic rings. The van der Waals surface area contributed by atoms with Crippen LogP contribution in [0.15, 0.2) is 23.7 Å². The van der Waals surface area contributed by atoms with Gasteiger partial charge in [0, 0.05) is 37.9 Å². The summed E-state index contributed by atoms with van der Waals surface area (Å²) in [6.45, 7) is 4.89. The van der Waals surface area contributed by atoms with Gasteiger partial charge >= 0.3 is 0 Å². The Morgan fingerprint density at radius 3 is 3.14 bits per heavy atom. The maximum Gasteiger partial charge on any atom is 0.222 e. The molecule has 1 saturated heterocycles. The number of carbonyl (C=O) groups excluding carboxylic acids is 1. The molecule has 2 aromatic rings. The topological polar surface area (TPSA) is 38.1 Å². The van der Waals surface area contributed by atoms with E-state index in [1.54, 1.807) is 11.3 Å². The van der Waals surface area contributed by atoms with Crippen molar-refractivity contribution in [3.63, 3.8) is 0 Å². The SMILES string of the molecule is CCCC(=O)N1CC[C@@]2(Cc3ncc(-c4cccs4)n3C2)C1. The Hall–Kier alpha value is -1.62. The number of fused-ring (bicyclic) bond motifs is 1. The van der Waals surface area contributed by atoms with Gasteiger partial charge in [0.25, 0.3) is 0 Å². The lowest BCUT2D eigenvalue weighted by molar-refractivity contribution is -0.130. The van der Waals surface area contributed by atoms with Crippen molar-refractivity contribution in [1.82, 2.24) is 14.5 Å². The zero-order chi connectivity index (χ0) is 15.2. The van der Waals surface area contributed by atoms with Gasteiger partial charge in [0.1, 0.15) is 5.82 Å². The summed E-state index contributed by atoms with van der Waals surface area (Å²) in [5, 5.41) is 2.11. The average molecular weight is 315 g/mol. The Balaban J connectivity index is 1.55. The van der Waals surface area contributed by atoms with Crippen molar-refractivity contribution in [1.29, 1.82) is 0 Å². The lowest BCUT2D eigenvalue weighted by atomic mass is 9.86. The fourth-order valence-corrected chi connectivity index (χ4v) is 4.62. The minimum Gasteiger partial charge on any atom is -0.342 e. The number of amides is 1. The lowest BCUT2D eigenvalue weighted by Gasteiger charge is -2.23. The molecule has 0 bridgehead atoms. The molecule has 0 radical (unpaired) electrons. The molecule has 1 atom stereocenters. The molecule has 0 saturated carbocycles. The lowest BCUT2D eigenvalue weighted by Crippen LogP contribution is -2.32. The average Bonchev–Trinajstić information content (AvgIpc) is 3.24. The van der Waals surface area contributed by atoms with Gasteiger partial charge in [-0.25, -0.2) is 4.98 Å². The first kappa shape index (κ1) is 14.0. The summed E-state index contributed by atoms with van der Waals surface area (Å²) in [5.74, 6) is 1.51. The van der Waals surface area contributed by atoms with Gasteiger partial charge in [0.2, 0.25) is 5.91 Å². The monoisotopic (exact) mass is 315 g/mol. The first-order chi connectivity index (χ1) is 10.7. The molecule has 2 aliphatic heterocycles. The zero-order valence-corrected chi connectivity index (χ0v) is 13.7. The highest BCUT2D eigenvalue weighted by atomic mass is 32.1. The van der Waals surface area contributed by atoms with E-state index in [2.05, 4.69) is 38.9 Å². The highest BCUT2D eigenvalue weighted by molar-refractivity contribution is 7.13. The van der Waals surface area contributed by atoms with Crippen LogP contribution in [0.4, 0.5) is 0 Å². The number of nitrogens with zero attached hydrogens (tertiary/aromatic N) is 3. The Bertz CT molecular complexity index is 691. The second-order valence-corrected chi connectivity index (χ2v) is 7.56. The van der Waals surface area contributed by atoms with E-state index in [1.807, 2.05) is 6.20 Å². The van der Waals surface area contributed by atoms with E-state index in [1.165, 1.54) is 16.4 Å². The Morgan fingerprint density at radius 1 is 1.45 bits per heavy atom. The first-order valence-corrected chi connectivity index (χ1v) is 8.95. The maximum absolute atomic E-state index is 12.2. The molecule has 22 heavy (non-hydrogen) atoms. The van der Waals surface area contributed by atoms with Gasteiger partial charge in [-0.1, -0.05) is 13.0 Å². The molecule has 1 spiro atoms. The minimum absolute atomic E-state index is 0.221. The summed E-state index contributed by atoms with van der Waals surface area (Å²) >= 11 is 1.76. The predicted octanol–water partition coefficient (Wildman–Crippen LogP) is 3.19. The van der Waals surface area contributed by atoms with Gasteiger partial charge < -0.3 is 9.47 Å². The van der Waals surface area contributed by atoms with Crippen LogP contribution >= 0.6 is 11.3 Å². The number of rotatable bonds is 3. The molecule has 0 N–H and O–H groups in total. The second-order valence-electron chi connectivity index (χ2n) is 6.62. The van der Waals surface area contributed by atoms with Crippen LogP contribution in [-0.2, 0) is 17.8 Å². The van der Waals surface area contributed by atoms with Crippen LogP contribution in [0.25, 0.3) is 10.6 Å². The van der Waals surface area contributed by atoms with E-state index < -0.39 is 0 Å². The van der Waals surface area contributed by atoms with Gasteiger partial charge in [-0.2, -0.15) is 0 Å². The Morgan fingerprint density at radius 2 is 2.36 bits per heavy atom. The smallest absolute Gasteiger partial charge is 0.222 e. The normalized spacial score (nSPS) is 23.4. The van der Waals surface area contributed by atoms with E-state index in [0.29, 0.717) is 12.3 Å². The molecule has 4 rings (SSSR count). The first-order valence-electron chi connectivity index (χ1n) is 8.07. The number of hydrogen-bond acceptors (Lipinski definition) is 3. The Labute approximate surface area is 134 Å². The Kier molecular flexibility index (Phi) is 3.33. The third kappa shape index (κ3) is 2.19. The molecule has 1 amide bonds. The van der Waals surface area contributed by atoms with Crippen molar-refractivity contribution in [2.24, 2.45) is 5.41 Å². The largest absolute Gasteiger partial charge is 0.342 e. The van der Waals surface area contributed by atoms with Crippen molar-refractivity contribution in [2.75, 3.05) is 13.1 Å². The fourth-order valence-electron chi connectivity index (χ4n) is 3.87. The van der Waals surface area contributed by atoms with Crippen LogP contribution in [0.3, 0.4) is 0 Å². The molecule has 116 valence electrons. The van der Waals surface area contributed by atoms with E-state index in [-0.39, 0.29) is 5.41 Å². The van der Waals surface area contributed by atoms with Crippen molar-refractivity contribution < 1.29 is 4.79 Å². The minimum atomic E-state index is 0.221. The van der Waals surface area contributed by atoms with Gasteiger partial charge in [-0.05, 0) is 24.3 Å². The van der Waals surface area contributed by atoms with Crippen LogP contribution in [0.5, 0.6) is 0 Å². The second kappa shape index (κ2) is 5.23. The van der Waals surface area contributed by atoms with Gasteiger partial charge in [0.05, 0.1) is 16.8 Å². The van der Waals surface area contributed by atoms with Gasteiger partial charge in [-0.15, -0.1) is 11.3 Å². The third-order valence-corrected chi connectivity index (χ3v) is 5.89. The van der Waals surface area contributed by atoms with Crippen LogP contribution in [-0.4, -0.2) is 33.4 Å². The zero-order valence-electron chi connectivity index (χ0n) is 12.9. The van der Waals surface area contributed by atoms with Gasteiger partial charge in [-0.3, -0.25) is 4.79 Å². The van der Waals surface area contributed by atoms with E-state index in [4.69, 9.17) is 0 Å². The predicted molar refractivity (Wildman–Crippen MR) is 87.8 cm³/mol. The summed E-state index contributed by atoms with van der Waals surface area (Å²) in [6.07, 6.45) is 5.74. The molecular weight excluding hydrogens is 294 g/mol. The van der Waals surface area contributed by atoms with Gasteiger partial charge in [0.15, 0.2) is 0 Å². The maximum atomic E-state index is 12.2. The summed E-state index contributed by atoms with van der Waals surface area (Å²) in [7, 11) is 0. The van der Waals surface area contributed by atoms with Crippen molar-refractivity contribution in [3.8, 4) is 10.6 Å². The number of thiophene rings is 1. The van der Waals surface area contributed by atoms with Crippen molar-refractivity contribution in [2.45, 2.75) is 39.2 Å². The highest BCUT2D eigenvalue weighted by Crippen LogP contribution is 2.43. The summed E-state index contributed by atoms with van der Waals surface area (Å²) in [6, 6.07) is 4.25. The summed E-state index contributed by atoms with van der Waals surface area (Å²) < 4.78 is 2.37. The van der Waals surface area contributed by atoms with Crippen LogP contribution in [0, 0.1) is 5.41 Å². The molecule has 2 aromatic heterocycles. The molecule has 0 unspecified atom stereocenters. The molecule has 0 aromatic carbocycles. The number of aromatic nitrogens is 2. The number of imidazole rings is 1. The molecule has 5 heteroatoms. The van der Waals surface area contributed by atoms with Crippen molar-refractivity contribution in [3.05, 3.63) is 29.5 Å². The van der Waals surface area contributed by atoms with E-state index in [9.17, 15) is 4.79 Å². The van der Waals surface area contributed by atoms with Crippen LogP contribution in [0.2, 0.25) is 0 Å². The summed E-state index contributed by atoms with van der Waals surface area (Å²) in [5.41, 5.74) is 1.46. The summed E-state index contributed by atoms with van der Waals surface area (Å²) in [4.78, 5) is 20.2. The molecule has 0 aliphatic carbocycles. The number of likely N-dealkylation sites (tertiary alicyclic amines) is 1. The molecule has 4 heterocycles. The van der Waals surface area contributed by atoms with Crippen LogP contribution < -0.4 is 0 Å². The molecule has 1 fully saturated rings. The van der Waals surface area contributed by atoms with E-state index in [0.717, 1.165) is 38.9 Å². The standard InChI is InChI=1S/C17H21N3OS/c1-2-4-16(21)19-7-6-17(11-19)9-15-18-10-13(20(15)12-17)14-5-3-8-22-14/h3,5,8,10H,2,4,6-7,9,11-12H2,1H3/t17-/m1/s1. The molecular formula is C17H21N3OS. The highest BCUT2D eigenvalue weighted by Gasteiger charge is 2.45. The van der Waals surface area contributed by atoms with E-state index >= 15 is 0 Å². The third-order valence-electron chi connectivity index (χ3n) is 4.99. The number of hydrogen-bond donors (Lipinski definition) is 0. The fraction of sp³-hybridized carbons (Fsp3) is 0.529. The van der Waals surface area contributed by atoms with Crippen LogP contribution in [0.1, 0.15) is 32.0 Å². The number of carbonyl (C=O) groups is 1.